The first kappa shape index (κ1) is 13.6. The number of hydrogen-bond acceptors (Lipinski definition) is 5. The molecule has 0 aliphatic rings. The molecule has 0 saturated heterocycles. The molecule has 17 heavy (non-hydrogen) atoms. The molecule has 0 bridgehead atoms. The lowest BCUT2D eigenvalue weighted by Crippen LogP contribution is -2.23. The maximum absolute atomic E-state index is 11.7. The predicted octanol–water partition coefficient (Wildman–Crippen LogP) is 1.03. The zero-order chi connectivity index (χ0) is 12.9. The molecule has 0 amide bonds. The highest BCUT2D eigenvalue weighted by atomic mass is 32.2. The third-order valence-electron chi connectivity index (χ3n) is 1.81. The fourth-order valence-electron chi connectivity index (χ4n) is 1.02. The molecule has 0 aliphatic carbocycles. The molecule has 92 valence electrons. The Morgan fingerprint density at radius 3 is 2.76 bits per heavy atom. The molecule has 0 fully saturated rings. The van der Waals surface area contributed by atoms with Crippen molar-refractivity contribution in [2.75, 3.05) is 6.54 Å². The summed E-state index contributed by atoms with van der Waals surface area (Å²) in [6.07, 6.45) is 0.695. The Labute approximate surface area is 103 Å². The summed E-state index contributed by atoms with van der Waals surface area (Å²) in [6, 6.07) is 4.40. The first-order valence-corrected chi connectivity index (χ1v) is 6.97. The molecule has 1 aromatic heterocycles. The lowest BCUT2D eigenvalue weighted by atomic mass is 10.3. The van der Waals surface area contributed by atoms with Gasteiger partial charge in [0.05, 0.1) is 6.07 Å². The number of carbonyl (C=O) groups is 1. The summed E-state index contributed by atoms with van der Waals surface area (Å²) in [7, 11) is -3.66. The van der Waals surface area contributed by atoms with Crippen molar-refractivity contribution >= 4 is 27.3 Å². The minimum absolute atomic E-state index is 0.0256. The summed E-state index contributed by atoms with van der Waals surface area (Å²) in [5.74, 6) is -1.15. The molecule has 1 heterocycles. The van der Waals surface area contributed by atoms with Crippen LogP contribution in [0.2, 0.25) is 0 Å². The van der Waals surface area contributed by atoms with Crippen LogP contribution in [-0.2, 0) is 10.0 Å². The van der Waals surface area contributed by atoms with Crippen LogP contribution in [0.25, 0.3) is 0 Å². The Morgan fingerprint density at radius 1 is 1.53 bits per heavy atom. The fraction of sp³-hybridized carbons (Fsp3) is 0.333. The number of aromatic carboxylic acids is 1. The van der Waals surface area contributed by atoms with Crippen molar-refractivity contribution in [1.29, 1.82) is 5.26 Å². The van der Waals surface area contributed by atoms with Crippen LogP contribution in [0.1, 0.15) is 22.5 Å². The number of sulfonamides is 1. The average Bonchev–Trinajstić information content (AvgIpc) is 2.74. The molecular formula is C9H10N2O4S2. The highest BCUT2D eigenvalue weighted by Gasteiger charge is 2.18. The number of nitrogens with zero attached hydrogens (tertiary/aromatic N) is 1. The second-order valence-electron chi connectivity index (χ2n) is 3.08. The van der Waals surface area contributed by atoms with Crippen LogP contribution in [-0.4, -0.2) is 26.0 Å². The number of rotatable bonds is 6. The molecule has 0 saturated carbocycles. The Hall–Kier alpha value is -1.43. The summed E-state index contributed by atoms with van der Waals surface area (Å²) >= 11 is 0.697. The molecule has 0 aromatic carbocycles. The summed E-state index contributed by atoms with van der Waals surface area (Å²) in [6.45, 7) is 0.163. The Balaban J connectivity index is 2.69. The molecule has 0 atom stereocenters. The quantitative estimate of drug-likeness (QED) is 0.753. The molecule has 0 unspecified atom stereocenters. The van der Waals surface area contributed by atoms with E-state index in [1.54, 1.807) is 0 Å². The van der Waals surface area contributed by atoms with E-state index >= 15 is 0 Å². The molecule has 2 N–H and O–H groups in total. The third-order valence-corrected chi connectivity index (χ3v) is 4.84. The molecule has 0 radical (unpaired) electrons. The van der Waals surface area contributed by atoms with E-state index in [-0.39, 0.29) is 22.1 Å². The van der Waals surface area contributed by atoms with Gasteiger partial charge in [0.15, 0.2) is 0 Å². The van der Waals surface area contributed by atoms with Crippen LogP contribution in [0, 0.1) is 11.3 Å². The summed E-state index contributed by atoms with van der Waals surface area (Å²) < 4.78 is 25.6. The Morgan fingerprint density at radius 2 is 2.24 bits per heavy atom. The van der Waals surface area contributed by atoms with E-state index in [4.69, 9.17) is 10.4 Å². The standard InChI is InChI=1S/C9H10N2O4S2/c10-5-1-2-6-11-17(14,15)8-4-3-7(16-8)9(12)13/h3-4,11H,1-2,6H2,(H,12,13). The summed E-state index contributed by atoms with van der Waals surface area (Å²) in [4.78, 5) is 10.6. The number of carboxylic acid groups (broad SMARTS) is 1. The van der Waals surface area contributed by atoms with Gasteiger partial charge in [-0.1, -0.05) is 0 Å². The smallest absolute Gasteiger partial charge is 0.345 e. The first-order valence-electron chi connectivity index (χ1n) is 4.67. The van der Waals surface area contributed by atoms with Crippen molar-refractivity contribution in [2.45, 2.75) is 17.1 Å². The first-order chi connectivity index (χ1) is 7.97. The SMILES string of the molecule is N#CCCCNS(=O)(=O)c1ccc(C(=O)O)s1. The van der Waals surface area contributed by atoms with Gasteiger partial charge in [0.1, 0.15) is 9.09 Å². The number of nitriles is 1. The van der Waals surface area contributed by atoms with Crippen LogP contribution < -0.4 is 4.72 Å². The van der Waals surface area contributed by atoms with Crippen molar-refractivity contribution in [1.82, 2.24) is 4.72 Å². The number of nitrogens with one attached hydrogen (secondary N) is 1. The van der Waals surface area contributed by atoms with Gasteiger partial charge in [0.2, 0.25) is 10.0 Å². The maximum atomic E-state index is 11.7. The second kappa shape index (κ2) is 5.77. The molecule has 1 aromatic rings. The minimum atomic E-state index is -3.66. The van der Waals surface area contributed by atoms with Gasteiger partial charge >= 0.3 is 5.97 Å². The third kappa shape index (κ3) is 3.81. The van der Waals surface area contributed by atoms with Crippen molar-refractivity contribution < 1.29 is 18.3 Å². The second-order valence-corrected chi connectivity index (χ2v) is 6.16. The monoisotopic (exact) mass is 274 g/mol. The number of thiophene rings is 1. The zero-order valence-corrected chi connectivity index (χ0v) is 10.3. The van der Waals surface area contributed by atoms with Gasteiger partial charge in [-0.25, -0.2) is 17.9 Å². The van der Waals surface area contributed by atoms with E-state index in [1.165, 1.54) is 12.1 Å². The van der Waals surface area contributed by atoms with E-state index in [1.807, 2.05) is 6.07 Å². The average molecular weight is 274 g/mol. The predicted molar refractivity (Wildman–Crippen MR) is 61.3 cm³/mol. The van der Waals surface area contributed by atoms with E-state index in [9.17, 15) is 13.2 Å². The Kier molecular flexibility index (Phi) is 4.62. The highest BCUT2D eigenvalue weighted by molar-refractivity contribution is 7.91. The topological polar surface area (TPSA) is 107 Å². The summed E-state index contributed by atoms with van der Waals surface area (Å²) in [5, 5.41) is 17.0. The van der Waals surface area contributed by atoms with Gasteiger partial charge in [-0.15, -0.1) is 11.3 Å². The van der Waals surface area contributed by atoms with Gasteiger partial charge < -0.3 is 5.11 Å². The van der Waals surface area contributed by atoms with E-state index < -0.39 is 16.0 Å². The number of carboxylic acids is 1. The van der Waals surface area contributed by atoms with E-state index in [2.05, 4.69) is 4.72 Å². The van der Waals surface area contributed by atoms with Crippen molar-refractivity contribution in [3.63, 3.8) is 0 Å². The molecule has 0 spiro atoms. The van der Waals surface area contributed by atoms with Gasteiger partial charge in [0, 0.05) is 13.0 Å². The van der Waals surface area contributed by atoms with Gasteiger partial charge in [-0.2, -0.15) is 5.26 Å². The zero-order valence-electron chi connectivity index (χ0n) is 8.71. The van der Waals surface area contributed by atoms with Crippen molar-refractivity contribution in [3.8, 4) is 6.07 Å². The lowest BCUT2D eigenvalue weighted by molar-refractivity contribution is 0.0702. The molecule has 0 aliphatic heterocycles. The minimum Gasteiger partial charge on any atom is -0.477 e. The van der Waals surface area contributed by atoms with Crippen LogP contribution >= 0.6 is 11.3 Å². The van der Waals surface area contributed by atoms with Crippen LogP contribution in [0.4, 0.5) is 0 Å². The van der Waals surface area contributed by atoms with Gasteiger partial charge in [-0.3, -0.25) is 0 Å². The molecular weight excluding hydrogens is 264 g/mol. The molecule has 1 rings (SSSR count). The van der Waals surface area contributed by atoms with E-state index in [0.717, 1.165) is 0 Å². The largest absolute Gasteiger partial charge is 0.477 e. The maximum Gasteiger partial charge on any atom is 0.345 e. The molecule has 8 heteroatoms. The fourth-order valence-corrected chi connectivity index (χ4v) is 3.29. The lowest BCUT2D eigenvalue weighted by Gasteiger charge is -2.02. The molecule has 6 nitrogen and oxygen atoms in total. The normalized spacial score (nSPS) is 11.0. The van der Waals surface area contributed by atoms with Crippen molar-refractivity contribution in [2.24, 2.45) is 0 Å². The van der Waals surface area contributed by atoms with Gasteiger partial charge in [-0.05, 0) is 18.6 Å². The van der Waals surface area contributed by atoms with E-state index in [0.29, 0.717) is 17.8 Å². The van der Waals surface area contributed by atoms with Crippen LogP contribution in [0.5, 0.6) is 0 Å². The van der Waals surface area contributed by atoms with Crippen LogP contribution in [0.15, 0.2) is 16.3 Å². The van der Waals surface area contributed by atoms with Gasteiger partial charge in [0.25, 0.3) is 0 Å². The number of hydrogen-bond donors (Lipinski definition) is 2. The van der Waals surface area contributed by atoms with Crippen molar-refractivity contribution in [3.05, 3.63) is 17.0 Å². The number of unbranched alkanes of at least 4 members (excludes halogenated alkanes) is 1. The highest BCUT2D eigenvalue weighted by Crippen LogP contribution is 2.21. The summed E-state index contributed by atoms with van der Waals surface area (Å²) in [5.41, 5.74) is 0. The van der Waals surface area contributed by atoms with Crippen LogP contribution in [0.3, 0.4) is 0 Å². The Bertz CT molecular complexity index is 542.